The third-order valence-corrected chi connectivity index (χ3v) is 5.50. The van der Waals surface area contributed by atoms with Gasteiger partial charge in [-0.05, 0) is 43.2 Å². The molecule has 0 spiro atoms. The molecular weight excluding hydrogens is 322 g/mol. The maximum Gasteiger partial charge on any atom is 0.225 e. The van der Waals surface area contributed by atoms with E-state index in [1.165, 1.54) is 16.4 Å². The van der Waals surface area contributed by atoms with E-state index in [1.807, 2.05) is 6.92 Å². The van der Waals surface area contributed by atoms with Crippen molar-refractivity contribution in [1.82, 2.24) is 19.3 Å². The highest BCUT2D eigenvalue weighted by Gasteiger charge is 2.14. The Morgan fingerprint density at radius 3 is 2.81 bits per heavy atom. The van der Waals surface area contributed by atoms with Gasteiger partial charge in [0.25, 0.3) is 0 Å². The zero-order valence-electron chi connectivity index (χ0n) is 12.0. The summed E-state index contributed by atoms with van der Waals surface area (Å²) in [5.74, 6) is 1.57. The number of aryl methyl sites for hydroxylation is 2. The van der Waals surface area contributed by atoms with Crippen molar-refractivity contribution in [2.24, 2.45) is 0 Å². The number of anilines is 1. The molecule has 0 unspecified atom stereocenters. The van der Waals surface area contributed by atoms with Crippen molar-refractivity contribution in [1.29, 1.82) is 0 Å². The Balaban J connectivity index is 2.02. The van der Waals surface area contributed by atoms with Crippen LogP contribution in [0.4, 0.5) is 5.95 Å². The van der Waals surface area contributed by atoms with Crippen molar-refractivity contribution in [3.8, 4) is 0 Å². The first-order valence-corrected chi connectivity index (χ1v) is 9.12. The van der Waals surface area contributed by atoms with Crippen LogP contribution < -0.4 is 5.32 Å². The standard InChI is InChI=1S/C13H15N5S3/c1-4-9-15-13(21-18-9)20-11-8-6-7(3)19-10(8)16-12(17-11)14-5-2/h6H,4-5H2,1-3H3,(H,14,16,17). The Morgan fingerprint density at radius 1 is 1.24 bits per heavy atom. The van der Waals surface area contributed by atoms with E-state index in [1.54, 1.807) is 23.1 Å². The topological polar surface area (TPSA) is 63.6 Å². The summed E-state index contributed by atoms with van der Waals surface area (Å²) in [6, 6.07) is 2.14. The predicted molar refractivity (Wildman–Crippen MR) is 89.7 cm³/mol. The number of hydrogen-bond donors (Lipinski definition) is 1. The summed E-state index contributed by atoms with van der Waals surface area (Å²) in [4.78, 5) is 15.9. The predicted octanol–water partition coefficient (Wildman–Crippen LogP) is 4.00. The van der Waals surface area contributed by atoms with Crippen LogP contribution in [0.3, 0.4) is 0 Å². The molecule has 0 aliphatic carbocycles. The Labute approximate surface area is 135 Å². The second kappa shape index (κ2) is 6.25. The minimum atomic E-state index is 0.676. The van der Waals surface area contributed by atoms with E-state index in [-0.39, 0.29) is 0 Å². The monoisotopic (exact) mass is 337 g/mol. The lowest BCUT2D eigenvalue weighted by atomic mass is 10.4. The molecule has 0 saturated carbocycles. The fraction of sp³-hybridized carbons (Fsp3) is 0.385. The zero-order chi connectivity index (χ0) is 14.8. The van der Waals surface area contributed by atoms with Gasteiger partial charge in [-0.15, -0.1) is 11.3 Å². The van der Waals surface area contributed by atoms with Crippen LogP contribution in [-0.2, 0) is 6.42 Å². The summed E-state index contributed by atoms with van der Waals surface area (Å²) in [6.07, 6.45) is 0.858. The Morgan fingerprint density at radius 2 is 2.10 bits per heavy atom. The van der Waals surface area contributed by atoms with Gasteiger partial charge in [-0.3, -0.25) is 0 Å². The van der Waals surface area contributed by atoms with Crippen molar-refractivity contribution >= 4 is 50.8 Å². The number of thiophene rings is 1. The summed E-state index contributed by atoms with van der Waals surface area (Å²) < 4.78 is 5.26. The van der Waals surface area contributed by atoms with E-state index < -0.39 is 0 Å². The summed E-state index contributed by atoms with van der Waals surface area (Å²) in [6.45, 7) is 7.00. The largest absolute Gasteiger partial charge is 0.354 e. The number of aromatic nitrogens is 4. The van der Waals surface area contributed by atoms with Gasteiger partial charge in [0, 0.05) is 23.2 Å². The van der Waals surface area contributed by atoms with Crippen LogP contribution in [0, 0.1) is 6.92 Å². The average molecular weight is 337 g/mol. The molecule has 0 bridgehead atoms. The smallest absolute Gasteiger partial charge is 0.225 e. The molecule has 0 atom stereocenters. The number of nitrogens with one attached hydrogen (secondary N) is 1. The summed E-state index contributed by atoms with van der Waals surface area (Å²) in [7, 11) is 0. The molecule has 8 heteroatoms. The summed E-state index contributed by atoms with van der Waals surface area (Å²) in [5, 5.41) is 5.23. The molecule has 5 nitrogen and oxygen atoms in total. The number of rotatable bonds is 5. The first kappa shape index (κ1) is 14.7. The lowest BCUT2D eigenvalue weighted by Crippen LogP contribution is -2.02. The quantitative estimate of drug-likeness (QED) is 0.710. The van der Waals surface area contributed by atoms with E-state index >= 15 is 0 Å². The second-order valence-corrected chi connectivity index (χ2v) is 7.61. The van der Waals surface area contributed by atoms with Gasteiger partial charge in [0.05, 0.1) is 0 Å². The molecule has 1 N–H and O–H groups in total. The first-order chi connectivity index (χ1) is 10.2. The zero-order valence-corrected chi connectivity index (χ0v) is 14.5. The highest BCUT2D eigenvalue weighted by Crippen LogP contribution is 2.36. The normalized spacial score (nSPS) is 11.2. The maximum absolute atomic E-state index is 4.62. The minimum Gasteiger partial charge on any atom is -0.354 e. The van der Waals surface area contributed by atoms with E-state index in [4.69, 9.17) is 0 Å². The van der Waals surface area contributed by atoms with Crippen molar-refractivity contribution in [3.63, 3.8) is 0 Å². The molecular formula is C13H15N5S3. The molecule has 0 aromatic carbocycles. The van der Waals surface area contributed by atoms with Gasteiger partial charge in [-0.2, -0.15) is 4.37 Å². The van der Waals surface area contributed by atoms with Crippen LogP contribution in [0.15, 0.2) is 15.4 Å². The van der Waals surface area contributed by atoms with Crippen LogP contribution in [0.2, 0.25) is 0 Å². The molecule has 0 aliphatic rings. The summed E-state index contributed by atoms with van der Waals surface area (Å²) in [5.41, 5.74) is 0. The molecule has 3 rings (SSSR count). The molecule has 3 heterocycles. The van der Waals surface area contributed by atoms with Gasteiger partial charge in [-0.1, -0.05) is 6.92 Å². The van der Waals surface area contributed by atoms with Crippen molar-refractivity contribution in [2.45, 2.75) is 36.6 Å². The highest BCUT2D eigenvalue weighted by atomic mass is 32.2. The van der Waals surface area contributed by atoms with Crippen molar-refractivity contribution < 1.29 is 0 Å². The lowest BCUT2D eigenvalue weighted by Gasteiger charge is -2.04. The summed E-state index contributed by atoms with van der Waals surface area (Å²) >= 11 is 4.68. The Kier molecular flexibility index (Phi) is 4.37. The van der Waals surface area contributed by atoms with Crippen LogP contribution in [0.1, 0.15) is 24.5 Å². The average Bonchev–Trinajstić information content (AvgIpc) is 3.05. The van der Waals surface area contributed by atoms with Gasteiger partial charge in [0.2, 0.25) is 5.95 Å². The minimum absolute atomic E-state index is 0.676. The fourth-order valence-electron chi connectivity index (χ4n) is 1.84. The second-order valence-electron chi connectivity index (χ2n) is 4.39. The van der Waals surface area contributed by atoms with Crippen LogP contribution in [0.25, 0.3) is 10.2 Å². The molecule has 110 valence electrons. The first-order valence-electron chi connectivity index (χ1n) is 6.72. The van der Waals surface area contributed by atoms with Crippen LogP contribution in [0.5, 0.6) is 0 Å². The third-order valence-electron chi connectivity index (χ3n) is 2.77. The molecule has 3 aromatic rings. The Bertz CT molecular complexity index is 764. The van der Waals surface area contributed by atoms with Gasteiger partial charge in [0.15, 0.2) is 4.34 Å². The van der Waals surface area contributed by atoms with Crippen LogP contribution >= 0.6 is 34.6 Å². The number of nitrogens with zero attached hydrogens (tertiary/aromatic N) is 4. The van der Waals surface area contributed by atoms with E-state index in [9.17, 15) is 0 Å². The molecule has 21 heavy (non-hydrogen) atoms. The molecule has 0 radical (unpaired) electrons. The fourth-order valence-corrected chi connectivity index (χ4v) is 4.49. The van der Waals surface area contributed by atoms with E-state index in [0.29, 0.717) is 5.95 Å². The van der Waals surface area contributed by atoms with Gasteiger partial charge in [-0.25, -0.2) is 15.0 Å². The van der Waals surface area contributed by atoms with E-state index in [0.717, 1.165) is 38.4 Å². The number of hydrogen-bond acceptors (Lipinski definition) is 8. The maximum atomic E-state index is 4.62. The van der Waals surface area contributed by atoms with Crippen molar-refractivity contribution in [3.05, 3.63) is 16.8 Å². The molecule has 0 amide bonds. The lowest BCUT2D eigenvalue weighted by molar-refractivity contribution is 0.970. The highest BCUT2D eigenvalue weighted by molar-refractivity contribution is 8.01. The van der Waals surface area contributed by atoms with Gasteiger partial charge >= 0.3 is 0 Å². The van der Waals surface area contributed by atoms with Gasteiger partial charge in [0.1, 0.15) is 15.7 Å². The van der Waals surface area contributed by atoms with Gasteiger partial charge < -0.3 is 5.32 Å². The van der Waals surface area contributed by atoms with E-state index in [2.05, 4.69) is 44.6 Å². The third kappa shape index (κ3) is 3.17. The molecule has 0 saturated heterocycles. The number of fused-ring (bicyclic) bond motifs is 1. The SMILES string of the molecule is CCNc1nc(Sc2nc(CC)ns2)c2cc(C)sc2n1. The molecule has 3 aromatic heterocycles. The van der Waals surface area contributed by atoms with Crippen LogP contribution in [-0.4, -0.2) is 25.9 Å². The Hall–Kier alpha value is -1.25. The molecule has 0 fully saturated rings. The van der Waals surface area contributed by atoms with Crippen molar-refractivity contribution in [2.75, 3.05) is 11.9 Å². The molecule has 0 aliphatic heterocycles.